The highest BCUT2D eigenvalue weighted by molar-refractivity contribution is 7.16. The summed E-state index contributed by atoms with van der Waals surface area (Å²) in [5.74, 6) is 2.31. The molecule has 0 atom stereocenters. The van der Waals surface area contributed by atoms with Gasteiger partial charge in [-0.05, 0) is 43.3 Å². The van der Waals surface area contributed by atoms with Gasteiger partial charge in [0.05, 0.1) is 37.3 Å². The molecule has 0 radical (unpaired) electrons. The van der Waals surface area contributed by atoms with Crippen LogP contribution in [0.5, 0.6) is 17.2 Å². The van der Waals surface area contributed by atoms with E-state index in [9.17, 15) is 0 Å². The molecule has 136 valence electrons. The van der Waals surface area contributed by atoms with Crippen molar-refractivity contribution in [2.45, 2.75) is 6.92 Å². The van der Waals surface area contributed by atoms with Gasteiger partial charge in [-0.25, -0.2) is 0 Å². The van der Waals surface area contributed by atoms with Gasteiger partial charge in [0.25, 0.3) is 0 Å². The summed E-state index contributed by atoms with van der Waals surface area (Å²) in [5.41, 5.74) is 1.89. The second kappa shape index (κ2) is 8.05. The fourth-order valence-electron chi connectivity index (χ4n) is 2.55. The third-order valence-corrected chi connectivity index (χ3v) is 4.95. The summed E-state index contributed by atoms with van der Waals surface area (Å²) >= 11 is 1.56. The Hall–Kier alpha value is -2.80. The van der Waals surface area contributed by atoms with Crippen LogP contribution < -0.4 is 19.0 Å². The summed E-state index contributed by atoms with van der Waals surface area (Å²) in [7, 11) is 5.22. The fourth-order valence-corrected chi connectivity index (χ4v) is 3.55. The van der Waals surface area contributed by atoms with Crippen LogP contribution in [0.15, 0.2) is 46.6 Å². The molecule has 0 amide bonds. The first-order chi connectivity index (χ1) is 12.7. The number of thiazole rings is 1. The lowest BCUT2D eigenvalue weighted by atomic mass is 10.2. The number of aromatic nitrogens is 1. The minimum Gasteiger partial charge on any atom is -0.497 e. The number of hydrogen-bond acceptors (Lipinski definition) is 6. The molecule has 0 fully saturated rings. The Morgan fingerprint density at radius 1 is 1.08 bits per heavy atom. The standard InChI is InChI=1S/C19H21N3O3S/c1-5-25-15-6-8-16-18(11-15)26-19(22(16)2)21-20-12-13-10-14(23-3)7-9-17(13)24-4/h6-12H,5H2,1-4H3/b20-12+,21-19+. The maximum absolute atomic E-state index is 5.56. The molecule has 3 rings (SSSR count). The molecule has 0 aliphatic rings. The number of benzene rings is 2. The molecule has 0 spiro atoms. The SMILES string of the molecule is CCOc1ccc2c(c1)s/c(=N/N=C/c1cc(OC)ccc1OC)n2C. The van der Waals surface area contributed by atoms with Gasteiger partial charge in [-0.15, -0.1) is 5.10 Å². The molecule has 0 N–H and O–H groups in total. The summed E-state index contributed by atoms with van der Waals surface area (Å²) in [5, 5.41) is 8.59. The van der Waals surface area contributed by atoms with Crippen LogP contribution in [0.4, 0.5) is 0 Å². The summed E-state index contributed by atoms with van der Waals surface area (Å²) in [4.78, 5) is 0.798. The van der Waals surface area contributed by atoms with E-state index in [-0.39, 0.29) is 0 Å². The Balaban J connectivity index is 1.95. The fraction of sp³-hybridized carbons (Fsp3) is 0.263. The predicted octanol–water partition coefficient (Wildman–Crippen LogP) is 3.59. The highest BCUT2D eigenvalue weighted by Crippen LogP contribution is 2.23. The zero-order chi connectivity index (χ0) is 18.5. The lowest BCUT2D eigenvalue weighted by molar-refractivity contribution is 0.341. The second-order valence-corrected chi connectivity index (χ2v) is 6.47. The molecule has 1 heterocycles. The van der Waals surface area contributed by atoms with E-state index in [1.807, 2.05) is 54.9 Å². The van der Waals surface area contributed by atoms with Crippen molar-refractivity contribution in [1.82, 2.24) is 4.57 Å². The lowest BCUT2D eigenvalue weighted by Gasteiger charge is -2.06. The van der Waals surface area contributed by atoms with Gasteiger partial charge in [-0.1, -0.05) is 11.3 Å². The monoisotopic (exact) mass is 371 g/mol. The number of ether oxygens (including phenoxy) is 3. The van der Waals surface area contributed by atoms with Crippen molar-refractivity contribution < 1.29 is 14.2 Å². The van der Waals surface area contributed by atoms with Crippen molar-refractivity contribution in [3.05, 3.63) is 46.8 Å². The first-order valence-electron chi connectivity index (χ1n) is 8.17. The largest absolute Gasteiger partial charge is 0.497 e. The molecule has 0 unspecified atom stereocenters. The van der Waals surface area contributed by atoms with E-state index >= 15 is 0 Å². The van der Waals surface area contributed by atoms with E-state index in [1.165, 1.54) is 0 Å². The van der Waals surface area contributed by atoms with E-state index in [0.717, 1.165) is 32.1 Å². The van der Waals surface area contributed by atoms with E-state index in [2.05, 4.69) is 10.2 Å². The Kier molecular flexibility index (Phi) is 5.58. The third kappa shape index (κ3) is 3.72. The van der Waals surface area contributed by atoms with Gasteiger partial charge in [0.2, 0.25) is 4.80 Å². The zero-order valence-electron chi connectivity index (χ0n) is 15.2. The van der Waals surface area contributed by atoms with Crippen molar-refractivity contribution >= 4 is 27.8 Å². The first-order valence-corrected chi connectivity index (χ1v) is 8.99. The summed E-state index contributed by atoms with van der Waals surface area (Å²) < 4.78 is 19.3. The van der Waals surface area contributed by atoms with Crippen LogP contribution in [-0.2, 0) is 7.05 Å². The average molecular weight is 371 g/mol. The molecule has 2 aromatic carbocycles. The molecule has 1 aromatic heterocycles. The van der Waals surface area contributed by atoms with Gasteiger partial charge in [0, 0.05) is 12.6 Å². The van der Waals surface area contributed by atoms with Crippen LogP contribution in [-0.4, -0.2) is 31.6 Å². The van der Waals surface area contributed by atoms with Crippen LogP contribution in [0.1, 0.15) is 12.5 Å². The molecule has 0 bridgehead atoms. The summed E-state index contributed by atoms with van der Waals surface area (Å²) in [6.45, 7) is 2.62. The van der Waals surface area contributed by atoms with Crippen LogP contribution in [0.2, 0.25) is 0 Å². The third-order valence-electron chi connectivity index (χ3n) is 3.87. The molecule has 6 nitrogen and oxygen atoms in total. The molecule has 7 heteroatoms. The molecular formula is C19H21N3O3S. The Morgan fingerprint density at radius 3 is 2.62 bits per heavy atom. The summed E-state index contributed by atoms with van der Waals surface area (Å²) in [6.07, 6.45) is 1.66. The van der Waals surface area contributed by atoms with Crippen molar-refractivity contribution in [1.29, 1.82) is 0 Å². The quantitative estimate of drug-likeness (QED) is 0.491. The lowest BCUT2D eigenvalue weighted by Crippen LogP contribution is -2.08. The highest BCUT2D eigenvalue weighted by atomic mass is 32.1. The molecule has 0 saturated heterocycles. The Bertz CT molecular complexity index is 1000. The number of methoxy groups -OCH3 is 2. The zero-order valence-corrected chi connectivity index (χ0v) is 16.0. The maximum Gasteiger partial charge on any atom is 0.211 e. The number of aryl methyl sites for hydroxylation is 1. The smallest absolute Gasteiger partial charge is 0.211 e. The van der Waals surface area contributed by atoms with Gasteiger partial charge in [0.1, 0.15) is 17.2 Å². The normalized spacial score (nSPS) is 12.1. The van der Waals surface area contributed by atoms with Crippen LogP contribution in [0.3, 0.4) is 0 Å². The number of hydrogen-bond donors (Lipinski definition) is 0. The second-order valence-electron chi connectivity index (χ2n) is 5.46. The Morgan fingerprint density at radius 2 is 1.88 bits per heavy atom. The number of fused-ring (bicyclic) bond motifs is 1. The van der Waals surface area contributed by atoms with Crippen molar-refractivity contribution in [3.8, 4) is 17.2 Å². The molecule has 0 aliphatic heterocycles. The molecule has 0 saturated carbocycles. The van der Waals surface area contributed by atoms with E-state index in [4.69, 9.17) is 14.2 Å². The Labute approximate surface area is 156 Å². The van der Waals surface area contributed by atoms with Gasteiger partial charge >= 0.3 is 0 Å². The minimum atomic E-state index is 0.646. The first kappa shape index (κ1) is 18.0. The van der Waals surface area contributed by atoms with Crippen LogP contribution in [0, 0.1) is 0 Å². The summed E-state index contributed by atoms with van der Waals surface area (Å²) in [6, 6.07) is 11.6. The van der Waals surface area contributed by atoms with E-state index in [0.29, 0.717) is 12.4 Å². The topological polar surface area (TPSA) is 57.3 Å². The average Bonchev–Trinajstić information content (AvgIpc) is 2.97. The van der Waals surface area contributed by atoms with Crippen molar-refractivity contribution in [3.63, 3.8) is 0 Å². The molecule has 0 aliphatic carbocycles. The molecular weight excluding hydrogens is 350 g/mol. The van der Waals surface area contributed by atoms with Crippen LogP contribution in [0.25, 0.3) is 10.2 Å². The predicted molar refractivity (Wildman–Crippen MR) is 105 cm³/mol. The number of rotatable bonds is 6. The van der Waals surface area contributed by atoms with E-state index in [1.54, 1.807) is 31.8 Å². The molecule has 3 aromatic rings. The van der Waals surface area contributed by atoms with Gasteiger partial charge in [-0.2, -0.15) is 5.10 Å². The van der Waals surface area contributed by atoms with Crippen molar-refractivity contribution in [2.24, 2.45) is 17.3 Å². The van der Waals surface area contributed by atoms with Gasteiger partial charge < -0.3 is 18.8 Å². The van der Waals surface area contributed by atoms with Gasteiger partial charge in [0.15, 0.2) is 0 Å². The van der Waals surface area contributed by atoms with E-state index < -0.39 is 0 Å². The van der Waals surface area contributed by atoms with Gasteiger partial charge in [-0.3, -0.25) is 0 Å². The molecule has 26 heavy (non-hydrogen) atoms. The van der Waals surface area contributed by atoms with Crippen molar-refractivity contribution in [2.75, 3.05) is 20.8 Å². The minimum absolute atomic E-state index is 0.646. The van der Waals surface area contributed by atoms with Crippen LogP contribution >= 0.6 is 11.3 Å². The number of nitrogens with zero attached hydrogens (tertiary/aromatic N) is 3. The maximum atomic E-state index is 5.56. The highest BCUT2D eigenvalue weighted by Gasteiger charge is 2.05.